The lowest BCUT2D eigenvalue weighted by atomic mass is 10.2. The molecule has 0 aromatic carbocycles. The number of hydrogen-bond donors (Lipinski definition) is 2. The zero-order chi connectivity index (χ0) is 14.4. The van der Waals surface area contributed by atoms with E-state index in [1.54, 1.807) is 17.1 Å². The highest BCUT2D eigenvalue weighted by atomic mass is 16.1. The second kappa shape index (κ2) is 6.70. The Morgan fingerprint density at radius 2 is 2.25 bits per heavy atom. The number of aromatic nitrogens is 3. The Bertz CT molecular complexity index is 578. The number of rotatable bonds is 6. The Balaban J connectivity index is 2.01. The first kappa shape index (κ1) is 14.0. The zero-order valence-electron chi connectivity index (χ0n) is 11.8. The second-order valence-corrected chi connectivity index (χ2v) is 4.51. The van der Waals surface area contributed by atoms with Crippen molar-refractivity contribution in [2.24, 2.45) is 7.05 Å². The molecule has 0 fully saturated rings. The van der Waals surface area contributed by atoms with Gasteiger partial charge in [0.05, 0.1) is 23.5 Å². The lowest BCUT2D eigenvalue weighted by Gasteiger charge is -2.10. The van der Waals surface area contributed by atoms with Crippen LogP contribution in [0, 0.1) is 0 Å². The van der Waals surface area contributed by atoms with E-state index >= 15 is 0 Å². The zero-order valence-corrected chi connectivity index (χ0v) is 11.8. The number of aryl methyl sites for hydroxylation is 1. The third-order valence-electron chi connectivity index (χ3n) is 2.83. The molecule has 0 aliphatic heterocycles. The van der Waals surface area contributed by atoms with Gasteiger partial charge in [-0.3, -0.25) is 14.5 Å². The minimum absolute atomic E-state index is 0.151. The summed E-state index contributed by atoms with van der Waals surface area (Å²) in [5, 5.41) is 10.3. The van der Waals surface area contributed by atoms with Gasteiger partial charge in [0, 0.05) is 32.2 Å². The van der Waals surface area contributed by atoms with Gasteiger partial charge in [0.2, 0.25) is 0 Å². The van der Waals surface area contributed by atoms with E-state index in [4.69, 9.17) is 0 Å². The quantitative estimate of drug-likeness (QED) is 0.838. The number of nitrogens with zero attached hydrogens (tertiary/aromatic N) is 3. The largest absolute Gasteiger partial charge is 0.384 e. The smallest absolute Gasteiger partial charge is 0.255 e. The van der Waals surface area contributed by atoms with E-state index in [9.17, 15) is 4.79 Å². The van der Waals surface area contributed by atoms with Crippen LogP contribution in [0.1, 0.15) is 29.4 Å². The number of nitrogens with one attached hydrogen (secondary N) is 2. The molecule has 0 saturated heterocycles. The number of amides is 1. The topological polar surface area (TPSA) is 71.8 Å². The normalized spacial score (nSPS) is 10.3. The molecule has 0 spiro atoms. The Morgan fingerprint density at radius 3 is 2.95 bits per heavy atom. The predicted octanol–water partition coefficient (Wildman–Crippen LogP) is 1.57. The third-order valence-corrected chi connectivity index (χ3v) is 2.83. The molecule has 0 atom stereocenters. The van der Waals surface area contributed by atoms with Gasteiger partial charge in [-0.05, 0) is 18.6 Å². The summed E-state index contributed by atoms with van der Waals surface area (Å²) < 4.78 is 1.71. The molecule has 106 valence electrons. The summed E-state index contributed by atoms with van der Waals surface area (Å²) in [6.07, 6.45) is 6.09. The minimum atomic E-state index is -0.151. The molecular formula is C14H19N5O. The molecule has 2 rings (SSSR count). The van der Waals surface area contributed by atoms with E-state index in [0.717, 1.165) is 24.3 Å². The maximum Gasteiger partial charge on any atom is 0.255 e. The van der Waals surface area contributed by atoms with Crippen LogP contribution in [0.2, 0.25) is 0 Å². The van der Waals surface area contributed by atoms with Crippen LogP contribution in [0.15, 0.2) is 30.7 Å². The van der Waals surface area contributed by atoms with Crippen molar-refractivity contribution in [2.75, 3.05) is 11.9 Å². The fourth-order valence-electron chi connectivity index (χ4n) is 1.81. The number of anilines is 1. The van der Waals surface area contributed by atoms with E-state index in [2.05, 4.69) is 27.6 Å². The average Bonchev–Trinajstić information content (AvgIpc) is 2.88. The summed E-state index contributed by atoms with van der Waals surface area (Å²) in [4.78, 5) is 16.2. The summed E-state index contributed by atoms with van der Waals surface area (Å²) in [6, 6.07) is 3.69. The van der Waals surface area contributed by atoms with E-state index in [0.29, 0.717) is 12.1 Å². The van der Waals surface area contributed by atoms with E-state index in [1.165, 1.54) is 0 Å². The lowest BCUT2D eigenvalue weighted by Crippen LogP contribution is -2.24. The molecule has 0 unspecified atom stereocenters. The van der Waals surface area contributed by atoms with Gasteiger partial charge in [-0.2, -0.15) is 5.10 Å². The number of carbonyl (C=O) groups excluding carboxylic acids is 1. The first-order chi connectivity index (χ1) is 9.70. The van der Waals surface area contributed by atoms with Crippen LogP contribution >= 0.6 is 0 Å². The molecule has 0 bridgehead atoms. The van der Waals surface area contributed by atoms with Gasteiger partial charge in [0.15, 0.2) is 0 Å². The van der Waals surface area contributed by atoms with Crippen molar-refractivity contribution in [1.82, 2.24) is 20.1 Å². The van der Waals surface area contributed by atoms with Crippen LogP contribution in [-0.2, 0) is 13.6 Å². The summed E-state index contributed by atoms with van der Waals surface area (Å²) in [5.41, 5.74) is 2.19. The monoisotopic (exact) mass is 273 g/mol. The molecule has 6 nitrogen and oxygen atoms in total. The van der Waals surface area contributed by atoms with Gasteiger partial charge in [-0.25, -0.2) is 0 Å². The number of carbonyl (C=O) groups is 1. The van der Waals surface area contributed by atoms with Crippen molar-refractivity contribution >= 4 is 11.6 Å². The molecule has 0 aliphatic rings. The van der Waals surface area contributed by atoms with Crippen LogP contribution in [-0.4, -0.2) is 27.2 Å². The Morgan fingerprint density at radius 1 is 1.40 bits per heavy atom. The molecule has 0 saturated carbocycles. The molecule has 0 aliphatic carbocycles. The molecule has 6 heteroatoms. The maximum atomic E-state index is 12.2. The predicted molar refractivity (Wildman–Crippen MR) is 77.4 cm³/mol. The van der Waals surface area contributed by atoms with Crippen molar-refractivity contribution in [3.63, 3.8) is 0 Å². The molecular weight excluding hydrogens is 254 g/mol. The Hall–Kier alpha value is -2.37. The van der Waals surface area contributed by atoms with Gasteiger partial charge in [-0.15, -0.1) is 0 Å². The van der Waals surface area contributed by atoms with Gasteiger partial charge in [0.25, 0.3) is 5.91 Å². The molecule has 2 aromatic rings. The summed E-state index contributed by atoms with van der Waals surface area (Å²) in [6.45, 7) is 3.31. The van der Waals surface area contributed by atoms with Crippen LogP contribution < -0.4 is 10.6 Å². The van der Waals surface area contributed by atoms with Crippen molar-refractivity contribution in [3.8, 4) is 0 Å². The average molecular weight is 273 g/mol. The van der Waals surface area contributed by atoms with Crippen molar-refractivity contribution in [3.05, 3.63) is 42.0 Å². The van der Waals surface area contributed by atoms with Crippen LogP contribution in [0.5, 0.6) is 0 Å². The summed E-state index contributed by atoms with van der Waals surface area (Å²) >= 11 is 0. The highest BCUT2D eigenvalue weighted by molar-refractivity contribution is 5.99. The molecule has 2 heterocycles. The molecule has 1 amide bonds. The third kappa shape index (κ3) is 3.57. The van der Waals surface area contributed by atoms with Crippen molar-refractivity contribution < 1.29 is 4.79 Å². The first-order valence-electron chi connectivity index (χ1n) is 6.65. The van der Waals surface area contributed by atoms with Crippen molar-refractivity contribution in [2.45, 2.75) is 19.9 Å². The molecule has 0 radical (unpaired) electrons. The van der Waals surface area contributed by atoms with Crippen LogP contribution in [0.25, 0.3) is 0 Å². The molecule has 2 aromatic heterocycles. The lowest BCUT2D eigenvalue weighted by molar-refractivity contribution is 0.0951. The number of pyridine rings is 1. The van der Waals surface area contributed by atoms with Gasteiger partial charge >= 0.3 is 0 Å². The summed E-state index contributed by atoms with van der Waals surface area (Å²) in [7, 11) is 1.85. The first-order valence-corrected chi connectivity index (χ1v) is 6.65. The maximum absolute atomic E-state index is 12.2. The van der Waals surface area contributed by atoms with Crippen molar-refractivity contribution in [1.29, 1.82) is 0 Å². The van der Waals surface area contributed by atoms with Gasteiger partial charge in [-0.1, -0.05) is 6.92 Å². The van der Waals surface area contributed by atoms with Crippen LogP contribution in [0.4, 0.5) is 5.69 Å². The minimum Gasteiger partial charge on any atom is -0.384 e. The SMILES string of the molecule is CCCNc1ccncc1C(=O)NCc1ccn(C)n1. The number of hydrogen-bond acceptors (Lipinski definition) is 4. The fraction of sp³-hybridized carbons (Fsp3) is 0.357. The summed E-state index contributed by atoms with van der Waals surface area (Å²) in [5.74, 6) is -0.151. The van der Waals surface area contributed by atoms with E-state index in [-0.39, 0.29) is 5.91 Å². The van der Waals surface area contributed by atoms with E-state index in [1.807, 2.05) is 25.4 Å². The van der Waals surface area contributed by atoms with Gasteiger partial charge < -0.3 is 10.6 Å². The second-order valence-electron chi connectivity index (χ2n) is 4.51. The molecule has 20 heavy (non-hydrogen) atoms. The molecule has 2 N–H and O–H groups in total. The Kier molecular flexibility index (Phi) is 4.70. The van der Waals surface area contributed by atoms with Gasteiger partial charge in [0.1, 0.15) is 0 Å². The highest BCUT2D eigenvalue weighted by Crippen LogP contribution is 2.13. The fourth-order valence-corrected chi connectivity index (χ4v) is 1.81. The standard InChI is InChI=1S/C14H19N5O/c1-3-6-16-13-4-7-15-10-12(13)14(20)17-9-11-5-8-19(2)18-11/h4-5,7-8,10H,3,6,9H2,1-2H3,(H,15,16)(H,17,20). The van der Waals surface area contributed by atoms with Crippen LogP contribution in [0.3, 0.4) is 0 Å². The highest BCUT2D eigenvalue weighted by Gasteiger charge is 2.11. The van der Waals surface area contributed by atoms with E-state index < -0.39 is 0 Å². The Labute approximate surface area is 118 Å².